The molecule has 0 bridgehead atoms. The van der Waals surface area contributed by atoms with E-state index >= 15 is 4.39 Å². The molecule has 1 spiro atoms. The number of carbonyl (C=O) groups excluding carboxylic acids is 1. The summed E-state index contributed by atoms with van der Waals surface area (Å²) in [5.41, 5.74) is 7.73. The highest BCUT2D eigenvalue weighted by molar-refractivity contribution is 6.30. The molecule has 0 fully saturated rings. The predicted molar refractivity (Wildman–Crippen MR) is 134 cm³/mol. The zero-order chi connectivity index (χ0) is 25.6. The molecule has 3 aliphatic heterocycles. The van der Waals surface area contributed by atoms with Crippen molar-refractivity contribution in [3.8, 4) is 11.5 Å². The number of hydrogen-bond acceptors (Lipinski definition) is 8. The lowest BCUT2D eigenvalue weighted by molar-refractivity contribution is 0.0623. The molecule has 0 aliphatic carbocycles. The number of nitrogens with zero attached hydrogens (tertiary/aromatic N) is 3. The van der Waals surface area contributed by atoms with Crippen LogP contribution in [-0.2, 0) is 15.1 Å². The van der Waals surface area contributed by atoms with Gasteiger partial charge in [-0.25, -0.2) is 15.0 Å². The first-order valence-electron chi connectivity index (χ1n) is 11.7. The van der Waals surface area contributed by atoms with Crippen molar-refractivity contribution in [1.29, 1.82) is 0 Å². The summed E-state index contributed by atoms with van der Waals surface area (Å²) in [5.74, 6) is -0.862. The first kappa shape index (κ1) is 23.4. The summed E-state index contributed by atoms with van der Waals surface area (Å²) in [6, 6.07) is 9.86. The first-order chi connectivity index (χ1) is 17.9. The second-order valence-corrected chi connectivity index (χ2v) is 9.21. The van der Waals surface area contributed by atoms with Gasteiger partial charge in [-0.1, -0.05) is 17.7 Å². The van der Waals surface area contributed by atoms with Gasteiger partial charge in [0.15, 0.2) is 11.4 Å². The van der Waals surface area contributed by atoms with E-state index in [4.69, 9.17) is 31.5 Å². The van der Waals surface area contributed by atoms with Crippen LogP contribution < -0.4 is 15.8 Å². The fourth-order valence-electron chi connectivity index (χ4n) is 4.74. The molecule has 0 unspecified atom stereocenters. The van der Waals surface area contributed by atoms with E-state index in [1.165, 1.54) is 12.3 Å². The van der Waals surface area contributed by atoms with E-state index in [1.54, 1.807) is 30.3 Å². The third kappa shape index (κ3) is 4.17. The summed E-state index contributed by atoms with van der Waals surface area (Å²) >= 11 is 5.88. The van der Waals surface area contributed by atoms with Crippen LogP contribution >= 0.6 is 11.6 Å². The van der Waals surface area contributed by atoms with Crippen molar-refractivity contribution in [1.82, 2.24) is 9.97 Å². The molecule has 37 heavy (non-hydrogen) atoms. The van der Waals surface area contributed by atoms with Crippen molar-refractivity contribution in [2.75, 3.05) is 25.1 Å². The van der Waals surface area contributed by atoms with Gasteiger partial charge in [0.25, 0.3) is 17.9 Å². The van der Waals surface area contributed by atoms with Crippen LogP contribution in [0.5, 0.6) is 11.5 Å². The van der Waals surface area contributed by atoms with Crippen molar-refractivity contribution < 1.29 is 23.4 Å². The van der Waals surface area contributed by atoms with Crippen LogP contribution in [0.1, 0.15) is 40.2 Å². The molecule has 1 aromatic carbocycles. The number of halogens is 2. The highest BCUT2D eigenvalue weighted by Crippen LogP contribution is 2.53. The first-order valence-corrected chi connectivity index (χ1v) is 12.0. The maximum absolute atomic E-state index is 15.4. The minimum Gasteiger partial charge on any atom is -0.452 e. The average molecular weight is 522 g/mol. The largest absolute Gasteiger partial charge is 0.452 e. The van der Waals surface area contributed by atoms with Gasteiger partial charge in [-0.3, -0.25) is 4.79 Å². The molecule has 188 valence electrons. The number of ether oxygens (including phenoxy) is 3. The number of pyridine rings is 2. The Morgan fingerprint density at radius 3 is 2.84 bits per heavy atom. The summed E-state index contributed by atoms with van der Waals surface area (Å²) < 4.78 is 33.1. The summed E-state index contributed by atoms with van der Waals surface area (Å²) in [7, 11) is 0. The Morgan fingerprint density at radius 2 is 2.08 bits per heavy atom. The number of aliphatic imine (C=N–C) groups is 1. The van der Waals surface area contributed by atoms with E-state index in [-0.39, 0.29) is 17.5 Å². The zero-order valence-electron chi connectivity index (χ0n) is 19.5. The van der Waals surface area contributed by atoms with E-state index in [0.29, 0.717) is 65.9 Å². The Kier molecular flexibility index (Phi) is 5.77. The van der Waals surface area contributed by atoms with Crippen LogP contribution in [-0.4, -0.2) is 41.7 Å². The molecule has 5 heterocycles. The van der Waals surface area contributed by atoms with E-state index in [0.717, 1.165) is 5.57 Å². The number of aromatic nitrogens is 2. The molecule has 1 amide bonds. The van der Waals surface area contributed by atoms with E-state index in [2.05, 4.69) is 20.3 Å². The number of carbonyl (C=O) groups is 1. The molecule has 3 aliphatic rings. The van der Waals surface area contributed by atoms with Crippen molar-refractivity contribution in [2.45, 2.75) is 18.4 Å². The maximum atomic E-state index is 15.4. The fraction of sp³-hybridized carbons (Fsp3) is 0.231. The second kappa shape index (κ2) is 9.13. The lowest BCUT2D eigenvalue weighted by Gasteiger charge is -2.41. The number of hydrogen-bond donors (Lipinski definition) is 2. The molecule has 3 N–H and O–H groups in total. The molecular weight excluding hydrogens is 501 g/mol. The standard InChI is InChI=1S/C26H21ClFN5O4/c27-15-3-5-19(31-12-15)24(34)32-16-4-6-21-17(10-16)26(7-8-30-25(29)37-26)18-11-20(14-2-1-9-35-13-14)33-23(28)22(18)36-21/h2-6,10-12H,1,7-9,13H2,(H2,29,30)(H,32,34)/t26-/m0/s1. The molecule has 0 saturated carbocycles. The lowest BCUT2D eigenvalue weighted by atomic mass is 9.79. The van der Waals surface area contributed by atoms with Crippen molar-refractivity contribution in [3.05, 3.63) is 82.2 Å². The van der Waals surface area contributed by atoms with E-state index < -0.39 is 17.5 Å². The molecular formula is C26H21ClFN5O4. The third-order valence-corrected chi connectivity index (χ3v) is 6.68. The van der Waals surface area contributed by atoms with Gasteiger partial charge >= 0.3 is 0 Å². The molecule has 11 heteroatoms. The minimum absolute atomic E-state index is 0.0242. The third-order valence-electron chi connectivity index (χ3n) is 6.46. The Hall–Kier alpha value is -4.02. The Bertz CT molecular complexity index is 1480. The van der Waals surface area contributed by atoms with Gasteiger partial charge < -0.3 is 25.3 Å². The lowest BCUT2D eigenvalue weighted by Crippen LogP contribution is -2.43. The van der Waals surface area contributed by atoms with Crippen LogP contribution in [0.2, 0.25) is 5.02 Å². The highest BCUT2D eigenvalue weighted by atomic mass is 35.5. The Morgan fingerprint density at radius 1 is 1.19 bits per heavy atom. The maximum Gasteiger partial charge on any atom is 0.283 e. The number of benzene rings is 1. The van der Waals surface area contributed by atoms with Crippen LogP contribution in [0.25, 0.3) is 5.57 Å². The summed E-state index contributed by atoms with van der Waals surface area (Å²) in [6.45, 7) is 1.28. The van der Waals surface area contributed by atoms with Crippen molar-refractivity contribution in [2.24, 2.45) is 10.7 Å². The van der Waals surface area contributed by atoms with Gasteiger partial charge in [0.2, 0.25) is 0 Å². The second-order valence-electron chi connectivity index (χ2n) is 8.77. The highest BCUT2D eigenvalue weighted by Gasteiger charge is 2.48. The smallest absolute Gasteiger partial charge is 0.283 e. The van der Waals surface area contributed by atoms with Crippen molar-refractivity contribution in [3.63, 3.8) is 0 Å². The SMILES string of the molecule is NC1=NCC[C@]2(O1)c1cc(NC(=O)c3ccc(Cl)cn3)ccc1Oc1c2cc(C2=CCCOC2)nc1F. The van der Waals surface area contributed by atoms with Gasteiger partial charge in [0.05, 0.1) is 23.9 Å². The normalized spacial score (nSPS) is 20.1. The molecule has 0 radical (unpaired) electrons. The molecule has 6 rings (SSSR count). The number of anilines is 1. The molecule has 0 saturated heterocycles. The topological polar surface area (TPSA) is 121 Å². The average Bonchev–Trinajstić information content (AvgIpc) is 2.90. The Labute approximate surface area is 216 Å². The molecule has 1 atom stereocenters. The molecule has 9 nitrogen and oxygen atoms in total. The van der Waals surface area contributed by atoms with Gasteiger partial charge in [-0.05, 0) is 48.4 Å². The van der Waals surface area contributed by atoms with Gasteiger partial charge in [0.1, 0.15) is 11.4 Å². The number of amides is 1. The molecule has 3 aromatic rings. The van der Waals surface area contributed by atoms with Crippen LogP contribution in [0.15, 0.2) is 53.7 Å². The van der Waals surface area contributed by atoms with Gasteiger partial charge in [0, 0.05) is 36.0 Å². The van der Waals surface area contributed by atoms with E-state index in [1.807, 2.05) is 6.08 Å². The Balaban J connectivity index is 1.44. The number of nitrogens with one attached hydrogen (secondary N) is 1. The molecule has 2 aromatic heterocycles. The summed E-state index contributed by atoms with van der Waals surface area (Å²) in [4.78, 5) is 25.2. The predicted octanol–water partition coefficient (Wildman–Crippen LogP) is 4.41. The number of amidine groups is 1. The van der Waals surface area contributed by atoms with Crippen LogP contribution in [0.4, 0.5) is 10.1 Å². The van der Waals surface area contributed by atoms with Gasteiger partial charge in [-0.2, -0.15) is 4.39 Å². The summed E-state index contributed by atoms with van der Waals surface area (Å²) in [5, 5.41) is 3.25. The number of nitrogens with two attached hydrogens (primary N) is 1. The minimum atomic E-state index is -1.21. The fourth-order valence-corrected chi connectivity index (χ4v) is 4.85. The number of rotatable bonds is 3. The monoisotopic (exact) mass is 521 g/mol. The number of fused-ring (bicyclic) bond motifs is 4. The van der Waals surface area contributed by atoms with Crippen LogP contribution in [0, 0.1) is 5.95 Å². The summed E-state index contributed by atoms with van der Waals surface area (Å²) in [6.07, 6.45) is 4.46. The van der Waals surface area contributed by atoms with Crippen molar-refractivity contribution >= 4 is 34.8 Å². The quantitative estimate of drug-likeness (QED) is 0.490. The van der Waals surface area contributed by atoms with Crippen LogP contribution in [0.3, 0.4) is 0 Å². The van der Waals surface area contributed by atoms with Gasteiger partial charge in [-0.15, -0.1) is 0 Å². The van der Waals surface area contributed by atoms with E-state index in [9.17, 15) is 4.79 Å². The zero-order valence-corrected chi connectivity index (χ0v) is 20.2.